The summed E-state index contributed by atoms with van der Waals surface area (Å²) >= 11 is 0. The van der Waals surface area contributed by atoms with E-state index in [9.17, 15) is 14.0 Å². The van der Waals surface area contributed by atoms with E-state index in [0.29, 0.717) is 32.1 Å². The van der Waals surface area contributed by atoms with Crippen molar-refractivity contribution in [1.82, 2.24) is 9.80 Å². The summed E-state index contributed by atoms with van der Waals surface area (Å²) in [6.45, 7) is 4.23. The van der Waals surface area contributed by atoms with E-state index in [1.54, 1.807) is 17.0 Å². The number of piperazine rings is 1. The number of carbonyl (C=O) groups is 2. The van der Waals surface area contributed by atoms with Crippen molar-refractivity contribution < 1.29 is 14.0 Å². The average molecular weight is 424 g/mol. The smallest absolute Gasteiger partial charge is 0.256 e. The summed E-state index contributed by atoms with van der Waals surface area (Å²) in [5.74, 6) is -0.402. The number of hydrogen-bond donors (Lipinski definition) is 1. The van der Waals surface area contributed by atoms with E-state index in [1.165, 1.54) is 12.1 Å². The second kappa shape index (κ2) is 9.60. The molecule has 1 saturated heterocycles. The zero-order chi connectivity index (χ0) is 21.8. The van der Waals surface area contributed by atoms with Crippen molar-refractivity contribution in [1.29, 1.82) is 0 Å². The molecule has 1 aliphatic heterocycles. The summed E-state index contributed by atoms with van der Waals surface area (Å²) in [7, 11) is 0. The minimum absolute atomic E-state index is 0.0337. The molecule has 2 aromatic rings. The predicted molar refractivity (Wildman–Crippen MR) is 119 cm³/mol. The molecule has 0 radical (unpaired) electrons. The quantitative estimate of drug-likeness (QED) is 0.788. The Balaban J connectivity index is 1.44. The number of anilines is 1. The summed E-state index contributed by atoms with van der Waals surface area (Å²) < 4.78 is 14.0. The van der Waals surface area contributed by atoms with Crippen molar-refractivity contribution >= 4 is 17.5 Å². The molecule has 2 aliphatic rings. The Morgan fingerprint density at radius 2 is 1.71 bits per heavy atom. The molecule has 164 valence electrons. The van der Waals surface area contributed by atoms with Crippen LogP contribution in [0.1, 0.15) is 41.6 Å². The maximum absolute atomic E-state index is 14.0. The van der Waals surface area contributed by atoms with Crippen molar-refractivity contribution in [2.24, 2.45) is 5.92 Å². The zero-order valence-corrected chi connectivity index (χ0v) is 18.0. The van der Waals surface area contributed by atoms with Crippen LogP contribution < -0.4 is 5.32 Å². The van der Waals surface area contributed by atoms with Crippen LogP contribution in [0.4, 0.5) is 10.1 Å². The van der Waals surface area contributed by atoms with Crippen molar-refractivity contribution in [2.75, 3.05) is 31.5 Å². The van der Waals surface area contributed by atoms with Gasteiger partial charge in [0, 0.05) is 31.9 Å². The third kappa shape index (κ3) is 4.96. The fourth-order valence-corrected chi connectivity index (χ4v) is 4.90. The Morgan fingerprint density at radius 3 is 2.39 bits per heavy atom. The summed E-state index contributed by atoms with van der Waals surface area (Å²) in [6, 6.07) is 13.8. The van der Waals surface area contributed by atoms with Crippen LogP contribution in [0.15, 0.2) is 48.5 Å². The van der Waals surface area contributed by atoms with E-state index in [1.807, 2.05) is 31.2 Å². The maximum atomic E-state index is 14.0. The second-order valence-electron chi connectivity index (χ2n) is 8.66. The molecule has 2 aromatic carbocycles. The van der Waals surface area contributed by atoms with Gasteiger partial charge in [-0.1, -0.05) is 37.1 Å². The standard InChI is InChI=1S/C25H30FN3O2/c1-18-7-6-10-20(17-18)27-24(30)23(19-8-2-3-9-19)28-13-15-29(16-14-28)25(31)21-11-4-5-12-22(21)26/h4-7,10-12,17,19,23H,2-3,8-9,13-16H2,1H3,(H,27,30). The third-order valence-corrected chi connectivity index (χ3v) is 6.50. The van der Waals surface area contributed by atoms with E-state index >= 15 is 0 Å². The first-order valence-electron chi connectivity index (χ1n) is 11.2. The van der Waals surface area contributed by atoms with Crippen LogP contribution in [-0.4, -0.2) is 53.8 Å². The van der Waals surface area contributed by atoms with Crippen LogP contribution in [0, 0.1) is 18.7 Å². The Kier molecular flexibility index (Phi) is 6.66. The molecule has 1 heterocycles. The topological polar surface area (TPSA) is 52.7 Å². The van der Waals surface area contributed by atoms with Crippen LogP contribution in [0.5, 0.6) is 0 Å². The molecule has 0 bridgehead atoms. The van der Waals surface area contributed by atoms with Gasteiger partial charge >= 0.3 is 0 Å². The molecule has 6 heteroatoms. The molecule has 1 N–H and O–H groups in total. The SMILES string of the molecule is Cc1cccc(NC(=O)C(C2CCCC2)N2CCN(C(=O)c3ccccc3F)CC2)c1. The summed E-state index contributed by atoms with van der Waals surface area (Å²) in [5.41, 5.74) is 2.04. The fraction of sp³-hybridized carbons (Fsp3) is 0.440. The number of nitrogens with zero attached hydrogens (tertiary/aromatic N) is 2. The second-order valence-corrected chi connectivity index (χ2v) is 8.66. The van der Waals surface area contributed by atoms with Gasteiger partial charge in [0.2, 0.25) is 5.91 Å². The van der Waals surface area contributed by atoms with E-state index in [4.69, 9.17) is 0 Å². The normalized spacial score (nSPS) is 18.7. The highest BCUT2D eigenvalue weighted by Crippen LogP contribution is 2.32. The number of carbonyl (C=O) groups excluding carboxylic acids is 2. The minimum atomic E-state index is -0.490. The lowest BCUT2D eigenvalue weighted by Gasteiger charge is -2.40. The van der Waals surface area contributed by atoms with Gasteiger partial charge in [-0.3, -0.25) is 14.5 Å². The molecule has 5 nitrogen and oxygen atoms in total. The Hall–Kier alpha value is -2.73. The van der Waals surface area contributed by atoms with Crippen LogP contribution in [-0.2, 0) is 4.79 Å². The molecule has 2 fully saturated rings. The van der Waals surface area contributed by atoms with Gasteiger partial charge in [-0.2, -0.15) is 0 Å². The lowest BCUT2D eigenvalue weighted by atomic mass is 9.94. The largest absolute Gasteiger partial charge is 0.336 e. The van der Waals surface area contributed by atoms with Crippen molar-refractivity contribution in [2.45, 2.75) is 38.6 Å². The van der Waals surface area contributed by atoms with Crippen molar-refractivity contribution in [3.05, 3.63) is 65.5 Å². The number of hydrogen-bond acceptors (Lipinski definition) is 3. The van der Waals surface area contributed by atoms with Crippen LogP contribution in [0.25, 0.3) is 0 Å². The Bertz CT molecular complexity index is 934. The third-order valence-electron chi connectivity index (χ3n) is 6.50. The van der Waals surface area contributed by atoms with Gasteiger partial charge in [0.1, 0.15) is 5.82 Å². The minimum Gasteiger partial charge on any atom is -0.336 e. The van der Waals surface area contributed by atoms with Gasteiger partial charge in [-0.25, -0.2) is 4.39 Å². The van der Waals surface area contributed by atoms with Crippen molar-refractivity contribution in [3.8, 4) is 0 Å². The number of rotatable bonds is 5. The van der Waals surface area contributed by atoms with E-state index < -0.39 is 5.82 Å². The number of halogens is 1. The molecular weight excluding hydrogens is 393 g/mol. The predicted octanol–water partition coefficient (Wildman–Crippen LogP) is 4.09. The monoisotopic (exact) mass is 423 g/mol. The Labute approximate surface area is 183 Å². The summed E-state index contributed by atoms with van der Waals surface area (Å²) in [5, 5.41) is 3.11. The van der Waals surface area contributed by atoms with Crippen LogP contribution in [0.2, 0.25) is 0 Å². The summed E-state index contributed by atoms with van der Waals surface area (Å²) in [4.78, 5) is 30.0. The first kappa shape index (κ1) is 21.5. The molecule has 0 spiro atoms. The Morgan fingerprint density at radius 1 is 1.00 bits per heavy atom. The molecule has 1 aliphatic carbocycles. The van der Waals surface area contributed by atoms with E-state index in [0.717, 1.165) is 36.9 Å². The van der Waals surface area contributed by atoms with Crippen LogP contribution >= 0.6 is 0 Å². The van der Waals surface area contributed by atoms with Gasteiger partial charge in [-0.15, -0.1) is 0 Å². The molecule has 31 heavy (non-hydrogen) atoms. The number of amides is 2. The highest BCUT2D eigenvalue weighted by Gasteiger charge is 2.37. The number of aryl methyl sites for hydroxylation is 1. The van der Waals surface area contributed by atoms with Gasteiger partial charge in [0.05, 0.1) is 11.6 Å². The molecule has 1 atom stereocenters. The molecule has 1 unspecified atom stereocenters. The first-order valence-corrected chi connectivity index (χ1v) is 11.2. The average Bonchev–Trinajstić information content (AvgIpc) is 3.28. The fourth-order valence-electron chi connectivity index (χ4n) is 4.90. The zero-order valence-electron chi connectivity index (χ0n) is 18.0. The van der Waals surface area contributed by atoms with Gasteiger partial charge in [-0.05, 0) is 55.5 Å². The molecule has 2 amide bonds. The molecule has 4 rings (SSSR count). The van der Waals surface area contributed by atoms with E-state index in [-0.39, 0.29) is 23.4 Å². The number of nitrogens with one attached hydrogen (secondary N) is 1. The van der Waals surface area contributed by atoms with Gasteiger partial charge in [0.15, 0.2) is 0 Å². The molecule has 1 saturated carbocycles. The number of benzene rings is 2. The highest BCUT2D eigenvalue weighted by atomic mass is 19.1. The lowest BCUT2D eigenvalue weighted by molar-refractivity contribution is -0.123. The van der Waals surface area contributed by atoms with Gasteiger partial charge < -0.3 is 10.2 Å². The summed E-state index contributed by atoms with van der Waals surface area (Å²) in [6.07, 6.45) is 4.43. The van der Waals surface area contributed by atoms with Crippen molar-refractivity contribution in [3.63, 3.8) is 0 Å². The highest BCUT2D eigenvalue weighted by molar-refractivity contribution is 5.96. The lowest BCUT2D eigenvalue weighted by Crippen LogP contribution is -2.57. The van der Waals surface area contributed by atoms with Gasteiger partial charge in [0.25, 0.3) is 5.91 Å². The molecular formula is C25H30FN3O2. The maximum Gasteiger partial charge on any atom is 0.256 e. The van der Waals surface area contributed by atoms with E-state index in [2.05, 4.69) is 10.2 Å². The van der Waals surface area contributed by atoms with Crippen LogP contribution in [0.3, 0.4) is 0 Å². The first-order chi connectivity index (χ1) is 15.0. The molecule has 0 aromatic heterocycles.